The Bertz CT molecular complexity index is 1560. The van der Waals surface area contributed by atoms with Crippen molar-refractivity contribution in [3.8, 4) is 0 Å². The van der Waals surface area contributed by atoms with E-state index in [1.54, 1.807) is 24.3 Å². The smallest absolute Gasteiger partial charge is 0.338 e. The van der Waals surface area contributed by atoms with Gasteiger partial charge in [0, 0.05) is 25.8 Å². The molecule has 0 radical (unpaired) electrons. The van der Waals surface area contributed by atoms with Gasteiger partial charge in [-0.15, -0.1) is 0 Å². The number of hydrogen-bond donors (Lipinski definition) is 1. The molecule has 1 amide bonds. The highest BCUT2D eigenvalue weighted by atomic mass is 32.2. The summed E-state index contributed by atoms with van der Waals surface area (Å²) in [7, 11) is -6.10. The first kappa shape index (κ1) is 28.3. The van der Waals surface area contributed by atoms with E-state index >= 15 is 0 Å². The largest absolute Gasteiger partial charge is 0.452 e. The van der Waals surface area contributed by atoms with Crippen molar-refractivity contribution in [3.63, 3.8) is 0 Å². The molecule has 0 saturated carbocycles. The molecule has 0 bridgehead atoms. The number of nitrogens with zero attached hydrogens (tertiary/aromatic N) is 2. The molecular formula is C27H29N3O7S2. The van der Waals surface area contributed by atoms with E-state index < -0.39 is 38.5 Å². The van der Waals surface area contributed by atoms with Crippen LogP contribution in [0.1, 0.15) is 28.8 Å². The molecule has 0 atom stereocenters. The highest BCUT2D eigenvalue weighted by Crippen LogP contribution is 2.24. The molecule has 39 heavy (non-hydrogen) atoms. The molecule has 12 heteroatoms. The van der Waals surface area contributed by atoms with Gasteiger partial charge in [0.25, 0.3) is 15.9 Å². The van der Waals surface area contributed by atoms with Crippen molar-refractivity contribution in [2.24, 2.45) is 0 Å². The van der Waals surface area contributed by atoms with Crippen LogP contribution in [0.25, 0.3) is 0 Å². The Hall–Kier alpha value is -3.74. The molecule has 1 saturated heterocycles. The molecule has 3 aromatic rings. The number of nitrogens with one attached hydrogen (secondary N) is 1. The molecule has 0 spiro atoms. The van der Waals surface area contributed by atoms with Gasteiger partial charge in [0.15, 0.2) is 6.61 Å². The number of hydrogen-bond acceptors (Lipinski definition) is 7. The number of sulfonamides is 2. The minimum atomic E-state index is -3.95. The normalized spacial score (nSPS) is 14.1. The lowest BCUT2D eigenvalue weighted by Gasteiger charge is -2.20. The first-order chi connectivity index (χ1) is 18.5. The van der Waals surface area contributed by atoms with E-state index in [0.717, 1.165) is 22.7 Å². The summed E-state index contributed by atoms with van der Waals surface area (Å²) in [5, 5.41) is 2.54. The van der Waals surface area contributed by atoms with Gasteiger partial charge in [-0.25, -0.2) is 21.6 Å². The van der Waals surface area contributed by atoms with Crippen LogP contribution in [0.2, 0.25) is 0 Å². The number of carbonyl (C=O) groups is 2. The first-order valence-corrected chi connectivity index (χ1v) is 15.1. The fraction of sp³-hybridized carbons (Fsp3) is 0.259. The minimum absolute atomic E-state index is 0.0300. The number of ether oxygens (including phenoxy) is 1. The fourth-order valence-corrected chi connectivity index (χ4v) is 6.79. The maximum absolute atomic E-state index is 13.1. The molecule has 206 valence electrons. The topological polar surface area (TPSA) is 130 Å². The van der Waals surface area contributed by atoms with Gasteiger partial charge < -0.3 is 10.1 Å². The van der Waals surface area contributed by atoms with E-state index in [1.807, 2.05) is 6.92 Å². The summed E-state index contributed by atoms with van der Waals surface area (Å²) >= 11 is 0. The fourth-order valence-electron chi connectivity index (χ4n) is 4.03. The quantitative estimate of drug-likeness (QED) is 0.390. The SMILES string of the molecule is Cc1ccc(N(C)S(=O)(=O)c2cccc(C(=O)OCC(=O)Nc3ccc(S(=O)(=O)N4CCCC4)cc3)c2)cc1. The van der Waals surface area contributed by atoms with Gasteiger partial charge in [0.2, 0.25) is 10.0 Å². The molecule has 0 aliphatic carbocycles. The zero-order valence-electron chi connectivity index (χ0n) is 21.5. The number of amides is 1. The standard InChI is InChI=1S/C27H29N3O7S2/c1-20-8-12-23(13-9-20)29(2)38(33,34)25-7-5-6-21(18-25)27(32)37-19-26(31)28-22-10-14-24(15-11-22)39(35,36)30-16-3-4-17-30/h5-15,18H,3-4,16-17,19H2,1-2H3,(H,28,31). The Kier molecular flexibility index (Phi) is 8.38. The highest BCUT2D eigenvalue weighted by molar-refractivity contribution is 7.92. The summed E-state index contributed by atoms with van der Waals surface area (Å²) in [5.41, 5.74) is 1.76. The van der Waals surface area contributed by atoms with Crippen LogP contribution in [-0.4, -0.2) is 59.8 Å². The van der Waals surface area contributed by atoms with Crippen LogP contribution in [0, 0.1) is 6.92 Å². The molecular weight excluding hydrogens is 542 g/mol. The predicted molar refractivity (Wildman–Crippen MR) is 147 cm³/mol. The number of esters is 1. The third kappa shape index (κ3) is 6.47. The third-order valence-corrected chi connectivity index (χ3v) is 10.00. The summed E-state index contributed by atoms with van der Waals surface area (Å²) in [5.74, 6) is -1.51. The van der Waals surface area contributed by atoms with Crippen molar-refractivity contribution in [1.82, 2.24) is 4.31 Å². The second-order valence-electron chi connectivity index (χ2n) is 9.10. The molecule has 10 nitrogen and oxygen atoms in total. The van der Waals surface area contributed by atoms with Crippen molar-refractivity contribution in [1.29, 1.82) is 0 Å². The monoisotopic (exact) mass is 571 g/mol. The van der Waals surface area contributed by atoms with E-state index in [9.17, 15) is 26.4 Å². The Labute approximate surface area is 228 Å². The van der Waals surface area contributed by atoms with Gasteiger partial charge >= 0.3 is 5.97 Å². The van der Waals surface area contributed by atoms with Gasteiger partial charge in [0.1, 0.15) is 0 Å². The van der Waals surface area contributed by atoms with Gasteiger partial charge in [0.05, 0.1) is 21.0 Å². The molecule has 3 aromatic carbocycles. The zero-order valence-corrected chi connectivity index (χ0v) is 23.2. The maximum atomic E-state index is 13.1. The third-order valence-electron chi connectivity index (χ3n) is 6.30. The number of aryl methyl sites for hydroxylation is 1. The summed E-state index contributed by atoms with van der Waals surface area (Å²) in [4.78, 5) is 24.9. The number of anilines is 2. The molecule has 0 unspecified atom stereocenters. The molecule has 1 aliphatic heterocycles. The number of benzene rings is 3. The summed E-state index contributed by atoms with van der Waals surface area (Å²) in [6.45, 7) is 2.26. The molecule has 1 fully saturated rings. The first-order valence-electron chi connectivity index (χ1n) is 12.2. The van der Waals surface area contributed by atoms with Crippen LogP contribution in [0.4, 0.5) is 11.4 Å². The van der Waals surface area contributed by atoms with Gasteiger partial charge in [-0.1, -0.05) is 23.8 Å². The summed E-state index contributed by atoms with van der Waals surface area (Å²) in [6, 6.07) is 18.1. The Morgan fingerprint density at radius 2 is 1.54 bits per heavy atom. The predicted octanol–water partition coefficient (Wildman–Crippen LogP) is 3.40. The van der Waals surface area contributed by atoms with Crippen molar-refractivity contribution in [2.75, 3.05) is 36.4 Å². The Morgan fingerprint density at radius 3 is 2.18 bits per heavy atom. The highest BCUT2D eigenvalue weighted by Gasteiger charge is 2.27. The molecule has 0 aromatic heterocycles. The van der Waals surface area contributed by atoms with E-state index in [0.29, 0.717) is 24.5 Å². The Morgan fingerprint density at radius 1 is 0.897 bits per heavy atom. The van der Waals surface area contributed by atoms with Crippen LogP contribution in [0.15, 0.2) is 82.6 Å². The zero-order chi connectivity index (χ0) is 28.2. The van der Waals surface area contributed by atoms with E-state index in [-0.39, 0.29) is 15.4 Å². The lowest BCUT2D eigenvalue weighted by molar-refractivity contribution is -0.119. The van der Waals surface area contributed by atoms with Gasteiger partial charge in [-0.3, -0.25) is 9.10 Å². The lowest BCUT2D eigenvalue weighted by Crippen LogP contribution is -2.27. The molecule has 1 aliphatic rings. The van der Waals surface area contributed by atoms with E-state index in [1.165, 1.54) is 59.9 Å². The Balaban J connectivity index is 1.36. The minimum Gasteiger partial charge on any atom is -0.452 e. The lowest BCUT2D eigenvalue weighted by atomic mass is 10.2. The average Bonchev–Trinajstić information content (AvgIpc) is 3.48. The van der Waals surface area contributed by atoms with Crippen LogP contribution < -0.4 is 9.62 Å². The van der Waals surface area contributed by atoms with Crippen LogP contribution >= 0.6 is 0 Å². The second kappa shape index (κ2) is 11.6. The van der Waals surface area contributed by atoms with Crippen molar-refractivity contribution >= 4 is 43.3 Å². The van der Waals surface area contributed by atoms with Crippen LogP contribution in [-0.2, 0) is 29.6 Å². The molecule has 4 rings (SSSR count). The summed E-state index contributed by atoms with van der Waals surface area (Å²) < 4.78 is 59.1. The second-order valence-corrected chi connectivity index (χ2v) is 13.0. The average molecular weight is 572 g/mol. The van der Waals surface area contributed by atoms with Crippen molar-refractivity contribution in [3.05, 3.63) is 83.9 Å². The molecule has 1 N–H and O–H groups in total. The van der Waals surface area contributed by atoms with Crippen LogP contribution in [0.5, 0.6) is 0 Å². The van der Waals surface area contributed by atoms with Gasteiger partial charge in [-0.05, 0) is 74.4 Å². The molecule has 1 heterocycles. The van der Waals surface area contributed by atoms with Crippen molar-refractivity contribution < 1.29 is 31.2 Å². The van der Waals surface area contributed by atoms with E-state index in [2.05, 4.69) is 5.32 Å². The number of carbonyl (C=O) groups excluding carboxylic acids is 2. The van der Waals surface area contributed by atoms with Gasteiger partial charge in [-0.2, -0.15) is 4.31 Å². The van der Waals surface area contributed by atoms with Crippen molar-refractivity contribution in [2.45, 2.75) is 29.6 Å². The van der Waals surface area contributed by atoms with Crippen LogP contribution in [0.3, 0.4) is 0 Å². The number of rotatable bonds is 9. The van der Waals surface area contributed by atoms with E-state index in [4.69, 9.17) is 4.74 Å². The maximum Gasteiger partial charge on any atom is 0.338 e. The summed E-state index contributed by atoms with van der Waals surface area (Å²) in [6.07, 6.45) is 1.66.